The zero-order valence-electron chi connectivity index (χ0n) is 38.9. The Labute approximate surface area is 368 Å². The van der Waals surface area contributed by atoms with Crippen molar-refractivity contribution >= 4 is 0 Å². The van der Waals surface area contributed by atoms with E-state index in [4.69, 9.17) is 0 Å². The van der Waals surface area contributed by atoms with Crippen molar-refractivity contribution in [3.8, 4) is 44.6 Å². The lowest BCUT2D eigenvalue weighted by Gasteiger charge is -2.08. The van der Waals surface area contributed by atoms with Crippen LogP contribution in [0.2, 0.25) is 0 Å². The third-order valence-corrected chi connectivity index (χ3v) is 8.57. The first-order chi connectivity index (χ1) is 29.9. The Hall–Kier alpha value is -6.66. The molecule has 6 heteroatoms. The Bertz CT molecular complexity index is 2070. The van der Waals surface area contributed by atoms with Crippen molar-refractivity contribution < 1.29 is 0 Å². The Balaban J connectivity index is 0.000000386. The lowest BCUT2D eigenvalue weighted by atomic mass is 9.97. The molecule has 0 bridgehead atoms. The highest BCUT2D eigenvalue weighted by Gasteiger charge is 2.03. The van der Waals surface area contributed by atoms with Crippen molar-refractivity contribution in [2.45, 2.75) is 90.0 Å². The number of benzene rings is 2. The van der Waals surface area contributed by atoms with Gasteiger partial charge >= 0.3 is 0 Å². The van der Waals surface area contributed by atoms with E-state index < -0.39 is 0 Å². The van der Waals surface area contributed by atoms with Crippen LogP contribution >= 0.6 is 0 Å². The van der Waals surface area contributed by atoms with Gasteiger partial charge in [0.1, 0.15) is 0 Å². The molecule has 0 aliphatic heterocycles. The molecule has 0 aliphatic carbocycles. The molecule has 8 rings (SSSR count). The van der Waals surface area contributed by atoms with Gasteiger partial charge in [0.25, 0.3) is 0 Å². The van der Waals surface area contributed by atoms with E-state index in [-0.39, 0.29) is 0 Å². The van der Waals surface area contributed by atoms with Gasteiger partial charge in [0, 0.05) is 95.5 Å². The highest BCUT2D eigenvalue weighted by Crippen LogP contribution is 2.24. The second-order valence-corrected chi connectivity index (χ2v) is 12.4. The van der Waals surface area contributed by atoms with E-state index in [9.17, 15) is 0 Å². The standard InChI is InChI=1S/C14H15N.C13H13N.2C10H8N2.4C2H6/c1-10-7-14(8-11(2)12(10)3)13-5-4-6-15-9-13;1-10-5-7-12(8-6-10)13-4-3-9-14-11(13)2;1-3-9(7-11-5-1)10-4-2-6-12-8-10;1-2-7-12-10(5-1)9-4-3-6-11-8-9;4*1-2/h4-9H,1-3H3;3-9H,1-2H3;2*1-8H;4*1-2H3. The molecule has 61 heavy (non-hydrogen) atoms. The number of hydrogen-bond donors (Lipinski definition) is 0. The lowest BCUT2D eigenvalue weighted by molar-refractivity contribution is 1.20. The fourth-order valence-corrected chi connectivity index (χ4v) is 5.37. The number of pyridine rings is 6. The van der Waals surface area contributed by atoms with Crippen molar-refractivity contribution in [3.05, 3.63) is 205 Å². The van der Waals surface area contributed by atoms with Crippen LogP contribution < -0.4 is 0 Å². The minimum absolute atomic E-state index is 0.964. The maximum Gasteiger partial charge on any atom is 0.0717 e. The fourth-order valence-electron chi connectivity index (χ4n) is 5.37. The van der Waals surface area contributed by atoms with E-state index in [1.54, 1.807) is 31.0 Å². The molecule has 6 aromatic heterocycles. The summed E-state index contributed by atoms with van der Waals surface area (Å²) in [6, 6.07) is 38.7. The third-order valence-electron chi connectivity index (χ3n) is 8.57. The molecule has 6 heterocycles. The van der Waals surface area contributed by atoms with Crippen molar-refractivity contribution in [3.63, 3.8) is 0 Å². The Morgan fingerprint density at radius 1 is 0.328 bits per heavy atom. The SMILES string of the molecule is CC.CC.CC.CC.Cc1cc(-c2cccnc2)cc(C)c1C.Cc1ccc(-c2cccnc2C)cc1.c1ccc(-c2cccnc2)nc1.c1cncc(-c2cccnc2)c1. The highest BCUT2D eigenvalue weighted by molar-refractivity contribution is 5.66. The maximum atomic E-state index is 4.28. The molecule has 318 valence electrons. The van der Waals surface area contributed by atoms with Gasteiger partial charge in [0.05, 0.1) is 5.69 Å². The smallest absolute Gasteiger partial charge is 0.0717 e. The number of nitrogens with zero attached hydrogens (tertiary/aromatic N) is 6. The van der Waals surface area contributed by atoms with Crippen molar-refractivity contribution in [2.75, 3.05) is 0 Å². The predicted molar refractivity (Wildman–Crippen MR) is 263 cm³/mol. The average Bonchev–Trinajstić information content (AvgIpc) is 3.35. The van der Waals surface area contributed by atoms with Crippen LogP contribution in [0.3, 0.4) is 0 Å². The first kappa shape index (κ1) is 52.4. The average molecular weight is 813 g/mol. The summed E-state index contributed by atoms with van der Waals surface area (Å²) < 4.78 is 0. The monoisotopic (exact) mass is 813 g/mol. The fraction of sp³-hybridized carbons (Fsp3) is 0.236. The number of aromatic nitrogens is 6. The molecule has 6 nitrogen and oxygen atoms in total. The molecule has 2 aromatic carbocycles. The normalized spacial score (nSPS) is 9.07. The van der Waals surface area contributed by atoms with Crippen molar-refractivity contribution in [2.24, 2.45) is 0 Å². The molecule has 8 aromatic rings. The molecule has 0 saturated carbocycles. The van der Waals surface area contributed by atoms with Gasteiger partial charge in [-0.15, -0.1) is 0 Å². The number of hydrogen-bond acceptors (Lipinski definition) is 6. The molecule has 0 radical (unpaired) electrons. The van der Waals surface area contributed by atoms with E-state index in [0.717, 1.165) is 28.1 Å². The summed E-state index contributed by atoms with van der Waals surface area (Å²) >= 11 is 0. The van der Waals surface area contributed by atoms with Crippen LogP contribution in [0.25, 0.3) is 44.6 Å². The molecule has 0 aliphatic rings. The highest BCUT2D eigenvalue weighted by atomic mass is 14.7. The van der Waals surface area contributed by atoms with Crippen LogP contribution in [0.1, 0.15) is 83.3 Å². The van der Waals surface area contributed by atoms with Gasteiger partial charge in [0.2, 0.25) is 0 Å². The second-order valence-electron chi connectivity index (χ2n) is 12.4. The summed E-state index contributed by atoms with van der Waals surface area (Å²) in [6.45, 7) is 26.6. The van der Waals surface area contributed by atoms with Crippen LogP contribution in [0.15, 0.2) is 177 Å². The Morgan fingerprint density at radius 2 is 0.738 bits per heavy atom. The minimum Gasteiger partial charge on any atom is -0.264 e. The molecule has 0 amide bonds. The summed E-state index contributed by atoms with van der Waals surface area (Å²) in [5, 5.41) is 0. The molecule has 0 saturated heterocycles. The molecule has 0 spiro atoms. The van der Waals surface area contributed by atoms with Crippen LogP contribution in [0.5, 0.6) is 0 Å². The quantitative estimate of drug-likeness (QED) is 0.176. The van der Waals surface area contributed by atoms with Crippen LogP contribution in [0.4, 0.5) is 0 Å². The zero-order chi connectivity index (χ0) is 45.3. The van der Waals surface area contributed by atoms with Crippen molar-refractivity contribution in [1.82, 2.24) is 29.9 Å². The Morgan fingerprint density at radius 3 is 1.13 bits per heavy atom. The topological polar surface area (TPSA) is 77.3 Å². The van der Waals surface area contributed by atoms with E-state index in [0.29, 0.717) is 0 Å². The molecule has 0 N–H and O–H groups in total. The van der Waals surface area contributed by atoms with Gasteiger partial charge in [0.15, 0.2) is 0 Å². The van der Waals surface area contributed by atoms with Crippen LogP contribution in [-0.4, -0.2) is 29.9 Å². The summed E-state index contributed by atoms with van der Waals surface area (Å²) in [6.07, 6.45) is 18.1. The minimum atomic E-state index is 0.964. The van der Waals surface area contributed by atoms with Gasteiger partial charge < -0.3 is 0 Å². The van der Waals surface area contributed by atoms with E-state index in [2.05, 4.69) is 106 Å². The van der Waals surface area contributed by atoms with E-state index in [1.807, 2.05) is 160 Å². The van der Waals surface area contributed by atoms with Gasteiger partial charge in [-0.05, 0) is 111 Å². The molecule has 0 fully saturated rings. The first-order valence-corrected chi connectivity index (χ1v) is 21.5. The molecular formula is C55H68N6. The largest absolute Gasteiger partial charge is 0.264 e. The summed E-state index contributed by atoms with van der Waals surface area (Å²) in [5.74, 6) is 0. The summed E-state index contributed by atoms with van der Waals surface area (Å²) in [4.78, 5) is 24.7. The van der Waals surface area contributed by atoms with Crippen LogP contribution in [0, 0.1) is 34.6 Å². The van der Waals surface area contributed by atoms with Gasteiger partial charge in [-0.1, -0.05) is 128 Å². The molecular weight excluding hydrogens is 745 g/mol. The first-order valence-electron chi connectivity index (χ1n) is 21.5. The molecule has 0 unspecified atom stereocenters. The predicted octanol–water partition coefficient (Wildman–Crippen LogP) is 15.4. The van der Waals surface area contributed by atoms with Gasteiger partial charge in [-0.25, -0.2) is 0 Å². The molecule has 0 atom stereocenters. The second kappa shape index (κ2) is 32.2. The third kappa shape index (κ3) is 18.9. The number of rotatable bonds is 4. The zero-order valence-corrected chi connectivity index (χ0v) is 38.9. The lowest BCUT2D eigenvalue weighted by Crippen LogP contribution is -1.88. The van der Waals surface area contributed by atoms with E-state index >= 15 is 0 Å². The number of aryl methyl sites for hydroxylation is 4. The van der Waals surface area contributed by atoms with Gasteiger partial charge in [-0.2, -0.15) is 0 Å². The van der Waals surface area contributed by atoms with Crippen LogP contribution in [-0.2, 0) is 0 Å². The summed E-state index contributed by atoms with van der Waals surface area (Å²) in [7, 11) is 0. The van der Waals surface area contributed by atoms with Crippen molar-refractivity contribution in [1.29, 1.82) is 0 Å². The summed E-state index contributed by atoms with van der Waals surface area (Å²) in [5.41, 5.74) is 15.5. The van der Waals surface area contributed by atoms with Gasteiger partial charge in [-0.3, -0.25) is 29.9 Å². The maximum absolute atomic E-state index is 4.28. The Kier molecular flexibility index (Phi) is 27.7. The van der Waals surface area contributed by atoms with E-state index in [1.165, 1.54) is 44.5 Å².